The fraction of sp³-hybridized carbons (Fsp3) is 0.333. The van der Waals surface area contributed by atoms with Gasteiger partial charge in [-0.1, -0.05) is 93.0 Å². The van der Waals surface area contributed by atoms with Crippen molar-refractivity contribution >= 4 is 19.9 Å². The van der Waals surface area contributed by atoms with E-state index in [1.807, 2.05) is 36.4 Å². The fourth-order valence-corrected chi connectivity index (χ4v) is 4.26. The summed E-state index contributed by atoms with van der Waals surface area (Å²) in [6.07, 6.45) is 0.665. The third kappa shape index (κ3) is 4.43. The molecule has 0 saturated carbocycles. The van der Waals surface area contributed by atoms with Crippen LogP contribution in [0.3, 0.4) is 0 Å². The quantitative estimate of drug-likeness (QED) is 0.385. The Morgan fingerprint density at radius 1 is 0.893 bits per heavy atom. The average Bonchev–Trinajstić information content (AvgIpc) is 2.99. The maximum absolute atomic E-state index is 6.82. The summed E-state index contributed by atoms with van der Waals surface area (Å²) < 4.78 is 12.6. The second kappa shape index (κ2) is 8.28. The van der Waals surface area contributed by atoms with Gasteiger partial charge in [-0.3, -0.25) is 0 Å². The summed E-state index contributed by atoms with van der Waals surface area (Å²) in [5.74, 6) is 1.61. The standard InChI is InChI=1S/C24H29ClO2Si/c1-24(2,3)28(4,5)26-17-16-20-22(25)21(18-12-8-6-9-13-18)23(27-20)19-14-10-7-11-15-19/h6-15H,16-17H2,1-5H3. The fourth-order valence-electron chi connectivity index (χ4n) is 2.89. The van der Waals surface area contributed by atoms with E-state index in [0.29, 0.717) is 18.1 Å². The second-order valence-electron chi connectivity index (χ2n) is 8.63. The lowest BCUT2D eigenvalue weighted by Gasteiger charge is -2.36. The summed E-state index contributed by atoms with van der Waals surface area (Å²) in [5, 5.41) is 0.869. The predicted molar refractivity (Wildman–Crippen MR) is 121 cm³/mol. The zero-order valence-electron chi connectivity index (χ0n) is 17.4. The third-order valence-electron chi connectivity index (χ3n) is 5.61. The lowest BCUT2D eigenvalue weighted by molar-refractivity contribution is 0.282. The Labute approximate surface area is 174 Å². The number of hydrogen-bond acceptors (Lipinski definition) is 2. The van der Waals surface area contributed by atoms with Gasteiger partial charge in [-0.2, -0.15) is 0 Å². The van der Waals surface area contributed by atoms with Gasteiger partial charge in [0.2, 0.25) is 0 Å². The molecule has 0 fully saturated rings. The van der Waals surface area contributed by atoms with Crippen molar-refractivity contribution in [2.45, 2.75) is 45.3 Å². The summed E-state index contributed by atoms with van der Waals surface area (Å²) in [7, 11) is -1.80. The van der Waals surface area contributed by atoms with E-state index in [-0.39, 0.29) is 5.04 Å². The van der Waals surface area contributed by atoms with Crippen molar-refractivity contribution in [2.75, 3.05) is 6.61 Å². The van der Waals surface area contributed by atoms with Gasteiger partial charge in [-0.15, -0.1) is 0 Å². The molecule has 3 rings (SSSR count). The molecule has 148 valence electrons. The molecule has 1 heterocycles. The number of benzene rings is 2. The van der Waals surface area contributed by atoms with Crippen LogP contribution in [0.5, 0.6) is 0 Å². The Hall–Kier alpha value is -1.81. The SMILES string of the molecule is CC(C)(C)[Si](C)(C)OCCc1oc(-c2ccccc2)c(-c2ccccc2)c1Cl. The molecule has 2 nitrogen and oxygen atoms in total. The van der Waals surface area contributed by atoms with Crippen molar-refractivity contribution in [3.8, 4) is 22.5 Å². The minimum Gasteiger partial charge on any atom is -0.459 e. The molecule has 3 aromatic rings. The molecule has 0 amide bonds. The van der Waals surface area contributed by atoms with Crippen LogP contribution in [0.25, 0.3) is 22.5 Å². The van der Waals surface area contributed by atoms with Crippen molar-refractivity contribution in [3.05, 3.63) is 71.4 Å². The Bertz CT molecular complexity index is 909. The number of hydrogen-bond donors (Lipinski definition) is 0. The first-order chi connectivity index (χ1) is 13.2. The van der Waals surface area contributed by atoms with E-state index >= 15 is 0 Å². The van der Waals surface area contributed by atoms with Crippen molar-refractivity contribution in [2.24, 2.45) is 0 Å². The van der Waals surface area contributed by atoms with Crippen molar-refractivity contribution < 1.29 is 8.84 Å². The monoisotopic (exact) mass is 412 g/mol. The van der Waals surface area contributed by atoms with Crippen LogP contribution in [0.4, 0.5) is 0 Å². The molecule has 0 radical (unpaired) electrons. The molecule has 28 heavy (non-hydrogen) atoms. The summed E-state index contributed by atoms with van der Waals surface area (Å²) >= 11 is 6.82. The Morgan fingerprint density at radius 2 is 1.43 bits per heavy atom. The molecule has 0 unspecified atom stereocenters. The molecule has 2 aromatic carbocycles. The highest BCUT2D eigenvalue weighted by molar-refractivity contribution is 6.74. The molecule has 0 saturated heterocycles. The first-order valence-electron chi connectivity index (χ1n) is 9.76. The van der Waals surface area contributed by atoms with Gasteiger partial charge in [0, 0.05) is 24.2 Å². The highest BCUT2D eigenvalue weighted by Gasteiger charge is 2.37. The molecular weight excluding hydrogens is 384 g/mol. The zero-order valence-corrected chi connectivity index (χ0v) is 19.1. The van der Waals surface area contributed by atoms with E-state index in [1.54, 1.807) is 0 Å². The van der Waals surface area contributed by atoms with Crippen LogP contribution >= 0.6 is 11.6 Å². The van der Waals surface area contributed by atoms with Gasteiger partial charge in [0.15, 0.2) is 8.32 Å². The van der Waals surface area contributed by atoms with Gasteiger partial charge < -0.3 is 8.84 Å². The molecule has 4 heteroatoms. The van der Waals surface area contributed by atoms with Gasteiger partial charge >= 0.3 is 0 Å². The van der Waals surface area contributed by atoms with Crippen LogP contribution in [0.1, 0.15) is 26.5 Å². The van der Waals surface area contributed by atoms with Crippen LogP contribution in [-0.4, -0.2) is 14.9 Å². The summed E-state index contributed by atoms with van der Waals surface area (Å²) in [4.78, 5) is 0. The summed E-state index contributed by atoms with van der Waals surface area (Å²) in [6, 6.07) is 20.3. The molecule has 0 N–H and O–H groups in total. The van der Waals surface area contributed by atoms with Crippen molar-refractivity contribution in [1.82, 2.24) is 0 Å². The minimum atomic E-state index is -1.80. The zero-order chi connectivity index (χ0) is 20.4. The molecule has 0 aliphatic rings. The maximum Gasteiger partial charge on any atom is 0.191 e. The topological polar surface area (TPSA) is 22.4 Å². The van der Waals surface area contributed by atoms with E-state index in [9.17, 15) is 0 Å². The highest BCUT2D eigenvalue weighted by Crippen LogP contribution is 2.42. The van der Waals surface area contributed by atoms with E-state index in [4.69, 9.17) is 20.4 Å². The van der Waals surface area contributed by atoms with Crippen LogP contribution in [0.2, 0.25) is 23.2 Å². The van der Waals surface area contributed by atoms with Crippen LogP contribution in [-0.2, 0) is 10.8 Å². The third-order valence-corrected chi connectivity index (χ3v) is 10.6. The molecule has 0 bridgehead atoms. The van der Waals surface area contributed by atoms with E-state index in [0.717, 1.165) is 28.2 Å². The lowest BCUT2D eigenvalue weighted by Crippen LogP contribution is -2.41. The lowest BCUT2D eigenvalue weighted by atomic mass is 10.0. The van der Waals surface area contributed by atoms with Gasteiger partial charge in [0.25, 0.3) is 0 Å². The maximum atomic E-state index is 6.82. The molecule has 0 aliphatic carbocycles. The number of furan rings is 1. The van der Waals surface area contributed by atoms with Crippen molar-refractivity contribution in [3.63, 3.8) is 0 Å². The van der Waals surface area contributed by atoms with Gasteiger partial charge in [-0.25, -0.2) is 0 Å². The van der Waals surface area contributed by atoms with Crippen LogP contribution in [0, 0.1) is 0 Å². The van der Waals surface area contributed by atoms with Gasteiger partial charge in [-0.05, 0) is 23.7 Å². The first kappa shape index (κ1) is 20.9. The first-order valence-corrected chi connectivity index (χ1v) is 13.1. The van der Waals surface area contributed by atoms with Crippen LogP contribution < -0.4 is 0 Å². The van der Waals surface area contributed by atoms with E-state index in [2.05, 4.69) is 58.1 Å². The van der Waals surface area contributed by atoms with Gasteiger partial charge in [0.1, 0.15) is 11.5 Å². The predicted octanol–water partition coefficient (Wildman–Crippen LogP) is 7.83. The second-order valence-corrected chi connectivity index (χ2v) is 13.8. The molecular formula is C24H29ClO2Si. The normalized spacial score (nSPS) is 12.4. The van der Waals surface area contributed by atoms with E-state index < -0.39 is 8.32 Å². The summed E-state index contributed by atoms with van der Waals surface area (Å²) in [6.45, 7) is 11.9. The Morgan fingerprint density at radius 3 is 1.96 bits per heavy atom. The molecule has 0 spiro atoms. The number of rotatable bonds is 6. The van der Waals surface area contributed by atoms with Crippen LogP contribution in [0.15, 0.2) is 65.1 Å². The molecule has 1 aromatic heterocycles. The van der Waals surface area contributed by atoms with E-state index in [1.165, 1.54) is 0 Å². The van der Waals surface area contributed by atoms with Gasteiger partial charge in [0.05, 0.1) is 5.02 Å². The smallest absolute Gasteiger partial charge is 0.191 e. The average molecular weight is 413 g/mol. The highest BCUT2D eigenvalue weighted by atomic mass is 35.5. The largest absolute Gasteiger partial charge is 0.459 e. The number of halogens is 1. The Balaban J connectivity index is 1.92. The Kier molecular flexibility index (Phi) is 6.18. The molecule has 0 atom stereocenters. The van der Waals surface area contributed by atoms with Crippen molar-refractivity contribution in [1.29, 1.82) is 0 Å². The minimum absolute atomic E-state index is 0.185. The summed E-state index contributed by atoms with van der Waals surface area (Å²) in [5.41, 5.74) is 3.04. The molecule has 0 aliphatic heterocycles.